The van der Waals surface area contributed by atoms with E-state index < -0.39 is 18.2 Å². The maximum atomic E-state index is 13.9. The van der Waals surface area contributed by atoms with Crippen LogP contribution >= 0.6 is 0 Å². The van der Waals surface area contributed by atoms with Crippen LogP contribution in [0.5, 0.6) is 11.5 Å². The molecule has 0 bridgehead atoms. The first-order valence-electron chi connectivity index (χ1n) is 14.0. The average Bonchev–Trinajstić information content (AvgIpc) is 3.05. The topological polar surface area (TPSA) is 104 Å². The van der Waals surface area contributed by atoms with Gasteiger partial charge in [-0.3, -0.25) is 14.6 Å². The Balaban J connectivity index is 1.65. The normalized spacial score (nSPS) is 10.8. The lowest BCUT2D eigenvalue weighted by molar-refractivity contribution is 0.0934. The van der Waals surface area contributed by atoms with E-state index in [4.69, 9.17) is 14.2 Å². The summed E-state index contributed by atoms with van der Waals surface area (Å²) in [6.45, 7) is 1.82. The molecule has 222 valence electrons. The molecule has 0 radical (unpaired) electrons. The zero-order valence-electron chi connectivity index (χ0n) is 23.9. The molecule has 0 aliphatic rings. The molecule has 9 heteroatoms. The number of halogens is 1. The number of aldehydes is 1. The van der Waals surface area contributed by atoms with Crippen LogP contribution in [0.4, 0.5) is 9.18 Å². The van der Waals surface area contributed by atoms with Crippen molar-refractivity contribution in [2.75, 3.05) is 13.2 Å². The summed E-state index contributed by atoms with van der Waals surface area (Å²) in [4.78, 5) is 43.6. The van der Waals surface area contributed by atoms with Crippen molar-refractivity contribution in [3.05, 3.63) is 137 Å². The molecule has 44 heavy (non-hydrogen) atoms. The Morgan fingerprint density at radius 2 is 1.55 bits per heavy atom. The summed E-state index contributed by atoms with van der Waals surface area (Å²) in [5.74, 6) is -1.14. The molecule has 0 saturated carbocycles. The number of nitrogens with zero attached hydrogens (tertiary/aromatic N) is 1. The number of carbonyl (C=O) groups is 3. The van der Waals surface area contributed by atoms with Gasteiger partial charge in [0.15, 0.2) is 17.8 Å². The zero-order chi connectivity index (χ0) is 30.9. The lowest BCUT2D eigenvalue weighted by Gasteiger charge is -2.24. The van der Waals surface area contributed by atoms with Crippen molar-refractivity contribution < 1.29 is 33.0 Å². The highest BCUT2D eigenvalue weighted by Gasteiger charge is 2.30. The standard InChI is InChI=1S/C35H29FN2O6/c1-2-42-35(41)44-32-27-14-9-20-37-30(27)33(43-31(24-10-5-3-6-11-24)25-12-7-4-8-13-25)29(28(32)22-39)34(40)38-21-19-23-15-17-26(36)18-16-23/h3-18,20,22,31H,2,19,21H2,1H3,(H,38,40). The molecular weight excluding hydrogens is 563 g/mol. The van der Waals surface area contributed by atoms with Crippen molar-refractivity contribution in [1.82, 2.24) is 10.3 Å². The van der Waals surface area contributed by atoms with Gasteiger partial charge in [-0.05, 0) is 54.3 Å². The molecule has 0 aliphatic heterocycles. The Kier molecular flexibility index (Phi) is 9.56. The lowest BCUT2D eigenvalue weighted by Crippen LogP contribution is -2.28. The van der Waals surface area contributed by atoms with Gasteiger partial charge in [0.25, 0.3) is 5.91 Å². The first-order valence-corrected chi connectivity index (χ1v) is 14.0. The number of fused-ring (bicyclic) bond motifs is 1. The van der Waals surface area contributed by atoms with Crippen molar-refractivity contribution in [2.45, 2.75) is 19.4 Å². The minimum Gasteiger partial charge on any atom is -0.478 e. The fourth-order valence-corrected chi connectivity index (χ4v) is 4.82. The molecule has 1 aromatic heterocycles. The smallest absolute Gasteiger partial charge is 0.478 e. The van der Waals surface area contributed by atoms with E-state index in [1.54, 1.807) is 31.2 Å². The molecule has 5 rings (SSSR count). The Morgan fingerprint density at radius 3 is 2.16 bits per heavy atom. The number of benzene rings is 4. The van der Waals surface area contributed by atoms with Crippen molar-refractivity contribution in [2.24, 2.45) is 0 Å². The van der Waals surface area contributed by atoms with E-state index >= 15 is 0 Å². The summed E-state index contributed by atoms with van der Waals surface area (Å²) in [7, 11) is 0. The number of carbonyl (C=O) groups excluding carboxylic acids is 3. The van der Waals surface area contributed by atoms with Gasteiger partial charge < -0.3 is 19.5 Å². The predicted octanol–water partition coefficient (Wildman–Crippen LogP) is 6.86. The number of aromatic nitrogens is 1. The number of hydrogen-bond acceptors (Lipinski definition) is 7. The van der Waals surface area contributed by atoms with Gasteiger partial charge in [-0.25, -0.2) is 9.18 Å². The Labute approximate surface area is 253 Å². The monoisotopic (exact) mass is 592 g/mol. The van der Waals surface area contributed by atoms with Crippen LogP contribution in [0.1, 0.15) is 50.4 Å². The largest absolute Gasteiger partial charge is 0.513 e. The van der Waals surface area contributed by atoms with Gasteiger partial charge in [-0.15, -0.1) is 0 Å². The van der Waals surface area contributed by atoms with Gasteiger partial charge in [0.05, 0.1) is 17.7 Å². The molecule has 0 fully saturated rings. The van der Waals surface area contributed by atoms with Crippen LogP contribution < -0.4 is 14.8 Å². The molecule has 0 aliphatic carbocycles. The Morgan fingerprint density at radius 1 is 0.886 bits per heavy atom. The summed E-state index contributed by atoms with van der Waals surface area (Å²) in [5.41, 5.74) is 2.25. The van der Waals surface area contributed by atoms with Crippen molar-refractivity contribution >= 4 is 29.3 Å². The molecule has 5 aromatic rings. The van der Waals surface area contributed by atoms with Gasteiger partial charge in [-0.1, -0.05) is 72.8 Å². The SMILES string of the molecule is CCOC(=O)Oc1c(C=O)c(C(=O)NCCc2ccc(F)cc2)c(OC(c2ccccc2)c2ccccc2)c2ncccc12. The highest BCUT2D eigenvalue weighted by molar-refractivity contribution is 6.12. The van der Waals surface area contributed by atoms with Crippen LogP contribution in [-0.2, 0) is 11.2 Å². The van der Waals surface area contributed by atoms with Gasteiger partial charge in [0.2, 0.25) is 0 Å². The van der Waals surface area contributed by atoms with Gasteiger partial charge in [-0.2, -0.15) is 0 Å². The molecule has 0 unspecified atom stereocenters. The fourth-order valence-electron chi connectivity index (χ4n) is 4.82. The van der Waals surface area contributed by atoms with E-state index in [0.29, 0.717) is 12.7 Å². The maximum absolute atomic E-state index is 13.9. The van der Waals surface area contributed by atoms with Crippen LogP contribution in [0.15, 0.2) is 103 Å². The van der Waals surface area contributed by atoms with Crippen LogP contribution in [0.25, 0.3) is 10.9 Å². The van der Waals surface area contributed by atoms with E-state index in [-0.39, 0.29) is 52.5 Å². The quantitative estimate of drug-likeness (QED) is 0.101. The number of ether oxygens (including phenoxy) is 3. The second-order valence-electron chi connectivity index (χ2n) is 9.70. The molecular formula is C35H29FN2O6. The highest BCUT2D eigenvalue weighted by atomic mass is 19.1. The number of pyridine rings is 1. The lowest BCUT2D eigenvalue weighted by atomic mass is 9.98. The molecule has 0 spiro atoms. The number of nitrogens with one attached hydrogen (secondary N) is 1. The zero-order valence-corrected chi connectivity index (χ0v) is 23.9. The summed E-state index contributed by atoms with van der Waals surface area (Å²) in [6, 6.07) is 28.0. The fraction of sp³-hybridized carbons (Fsp3) is 0.143. The summed E-state index contributed by atoms with van der Waals surface area (Å²) < 4.78 is 30.5. The third-order valence-corrected chi connectivity index (χ3v) is 6.85. The summed E-state index contributed by atoms with van der Waals surface area (Å²) in [5, 5.41) is 3.11. The van der Waals surface area contributed by atoms with Crippen LogP contribution in [0.2, 0.25) is 0 Å². The van der Waals surface area contributed by atoms with E-state index in [0.717, 1.165) is 16.7 Å². The molecule has 1 amide bonds. The summed E-state index contributed by atoms with van der Waals surface area (Å²) in [6.07, 6.45) is 0.629. The Hall–Kier alpha value is -5.57. The average molecular weight is 593 g/mol. The summed E-state index contributed by atoms with van der Waals surface area (Å²) >= 11 is 0. The second-order valence-corrected chi connectivity index (χ2v) is 9.70. The van der Waals surface area contributed by atoms with Gasteiger partial charge in [0.1, 0.15) is 17.4 Å². The van der Waals surface area contributed by atoms with E-state index in [9.17, 15) is 18.8 Å². The molecule has 4 aromatic carbocycles. The maximum Gasteiger partial charge on any atom is 0.513 e. The van der Waals surface area contributed by atoms with Crippen LogP contribution in [0.3, 0.4) is 0 Å². The number of amides is 1. The third-order valence-electron chi connectivity index (χ3n) is 6.85. The van der Waals surface area contributed by atoms with E-state index in [2.05, 4.69) is 10.3 Å². The molecule has 1 heterocycles. The third kappa shape index (κ3) is 6.73. The molecule has 1 N–H and O–H groups in total. The second kappa shape index (κ2) is 14.1. The molecule has 0 saturated heterocycles. The van der Waals surface area contributed by atoms with Crippen molar-refractivity contribution in [3.63, 3.8) is 0 Å². The molecule has 0 atom stereocenters. The van der Waals surface area contributed by atoms with Gasteiger partial charge >= 0.3 is 6.16 Å². The minimum absolute atomic E-state index is 0.0379. The predicted molar refractivity (Wildman–Crippen MR) is 163 cm³/mol. The number of rotatable bonds is 11. The van der Waals surface area contributed by atoms with Gasteiger partial charge in [0, 0.05) is 18.1 Å². The minimum atomic E-state index is -1.04. The van der Waals surface area contributed by atoms with E-state index in [1.807, 2.05) is 60.7 Å². The van der Waals surface area contributed by atoms with E-state index in [1.165, 1.54) is 18.3 Å². The van der Waals surface area contributed by atoms with Crippen molar-refractivity contribution in [1.29, 1.82) is 0 Å². The first-order chi connectivity index (χ1) is 21.5. The van der Waals surface area contributed by atoms with Crippen LogP contribution in [-0.4, -0.2) is 36.5 Å². The highest BCUT2D eigenvalue weighted by Crippen LogP contribution is 2.42. The number of hydrogen-bond donors (Lipinski definition) is 1. The first kappa shape index (κ1) is 29.9. The molecule has 8 nitrogen and oxygen atoms in total. The van der Waals surface area contributed by atoms with Crippen LogP contribution in [0, 0.1) is 5.82 Å². The van der Waals surface area contributed by atoms with Crippen molar-refractivity contribution in [3.8, 4) is 11.5 Å². The Bertz CT molecular complexity index is 1720.